The molecule has 2 fully saturated rings. The number of ether oxygens (including phenoxy) is 1. The van der Waals surface area contributed by atoms with Crippen LogP contribution in [-0.4, -0.2) is 36.3 Å². The van der Waals surface area contributed by atoms with Crippen molar-refractivity contribution in [1.29, 1.82) is 0 Å². The van der Waals surface area contributed by atoms with E-state index in [1.165, 1.54) is 32.1 Å². The average Bonchev–Trinajstić information content (AvgIpc) is 3.04. The number of rotatable bonds is 4. The molecule has 0 amide bonds. The zero-order valence-electron chi connectivity index (χ0n) is 11.7. The van der Waals surface area contributed by atoms with Crippen LogP contribution in [-0.2, 0) is 9.84 Å². The maximum absolute atomic E-state index is 11.4. The first-order valence-corrected chi connectivity index (χ1v) is 9.32. The molecule has 1 unspecified atom stereocenters. The van der Waals surface area contributed by atoms with Crippen molar-refractivity contribution in [2.24, 2.45) is 5.92 Å². The topological polar surface area (TPSA) is 61.2 Å². The van der Waals surface area contributed by atoms with Gasteiger partial charge in [-0.25, -0.2) is 8.42 Å². The Morgan fingerprint density at radius 2 is 2.05 bits per heavy atom. The van der Waals surface area contributed by atoms with Crippen LogP contribution in [0, 0.1) is 5.92 Å². The minimum Gasteiger partial charge on any atom is -0.490 e. The van der Waals surface area contributed by atoms with Gasteiger partial charge in [0.1, 0.15) is 0 Å². The molecule has 1 aromatic heterocycles. The third-order valence-electron chi connectivity index (χ3n) is 4.34. The number of aromatic nitrogens is 2. The van der Waals surface area contributed by atoms with Crippen molar-refractivity contribution in [3.05, 3.63) is 12.4 Å². The molecule has 6 heteroatoms. The second-order valence-electron chi connectivity index (χ2n) is 6.03. The molecule has 0 bridgehead atoms. The first kappa shape index (κ1) is 13.9. The standard InChI is InChI=1S/C14H22N2O3S/c17-20(18)7-6-12(11-20)10-19-14-8-15-16(9-14)13-4-2-1-3-5-13/h8-9,12-13H,1-7,10-11H2. The monoisotopic (exact) mass is 298 g/mol. The lowest BCUT2D eigenvalue weighted by atomic mass is 9.96. The summed E-state index contributed by atoms with van der Waals surface area (Å²) in [4.78, 5) is 0. The van der Waals surface area contributed by atoms with E-state index in [-0.39, 0.29) is 11.7 Å². The number of hydrogen-bond donors (Lipinski definition) is 0. The molecule has 1 aliphatic heterocycles. The molecule has 1 saturated carbocycles. The smallest absolute Gasteiger partial charge is 0.157 e. The van der Waals surface area contributed by atoms with Crippen molar-refractivity contribution in [3.8, 4) is 5.75 Å². The molecule has 2 heterocycles. The lowest BCUT2D eigenvalue weighted by Gasteiger charge is -2.21. The van der Waals surface area contributed by atoms with Crippen molar-refractivity contribution in [2.45, 2.75) is 44.6 Å². The van der Waals surface area contributed by atoms with Gasteiger partial charge in [-0.05, 0) is 19.3 Å². The molecular weight excluding hydrogens is 276 g/mol. The van der Waals surface area contributed by atoms with E-state index in [2.05, 4.69) is 5.10 Å². The Bertz CT molecular complexity index is 547. The van der Waals surface area contributed by atoms with Crippen LogP contribution >= 0.6 is 0 Å². The summed E-state index contributed by atoms with van der Waals surface area (Å²) < 4.78 is 30.5. The molecule has 0 N–H and O–H groups in total. The fourth-order valence-electron chi connectivity index (χ4n) is 3.16. The molecule has 20 heavy (non-hydrogen) atoms. The van der Waals surface area contributed by atoms with E-state index in [1.54, 1.807) is 6.20 Å². The summed E-state index contributed by atoms with van der Waals surface area (Å²) in [6.07, 6.45) is 10.7. The van der Waals surface area contributed by atoms with E-state index in [9.17, 15) is 8.42 Å². The van der Waals surface area contributed by atoms with E-state index >= 15 is 0 Å². The zero-order chi connectivity index (χ0) is 14.0. The van der Waals surface area contributed by atoms with Crippen LogP contribution in [0.15, 0.2) is 12.4 Å². The lowest BCUT2D eigenvalue weighted by molar-refractivity contribution is 0.262. The molecule has 1 aromatic rings. The van der Waals surface area contributed by atoms with Gasteiger partial charge in [0.25, 0.3) is 0 Å². The third-order valence-corrected chi connectivity index (χ3v) is 6.18. The number of nitrogens with zero attached hydrogens (tertiary/aromatic N) is 2. The predicted molar refractivity (Wildman–Crippen MR) is 76.6 cm³/mol. The van der Waals surface area contributed by atoms with Crippen LogP contribution in [0.1, 0.15) is 44.6 Å². The predicted octanol–water partition coefficient (Wildman–Crippen LogP) is 2.20. The highest BCUT2D eigenvalue weighted by molar-refractivity contribution is 7.91. The summed E-state index contributed by atoms with van der Waals surface area (Å²) in [6.45, 7) is 0.482. The van der Waals surface area contributed by atoms with Gasteiger partial charge < -0.3 is 4.74 Å². The van der Waals surface area contributed by atoms with Crippen molar-refractivity contribution < 1.29 is 13.2 Å². The summed E-state index contributed by atoms with van der Waals surface area (Å²) in [5.74, 6) is 1.48. The highest BCUT2D eigenvalue weighted by Crippen LogP contribution is 2.28. The molecule has 0 spiro atoms. The van der Waals surface area contributed by atoms with Gasteiger partial charge in [-0.1, -0.05) is 19.3 Å². The minimum atomic E-state index is -2.81. The van der Waals surface area contributed by atoms with Crippen LogP contribution in [0.2, 0.25) is 0 Å². The van der Waals surface area contributed by atoms with E-state index < -0.39 is 9.84 Å². The summed E-state index contributed by atoms with van der Waals surface area (Å²) in [7, 11) is -2.81. The van der Waals surface area contributed by atoms with Crippen molar-refractivity contribution in [2.75, 3.05) is 18.1 Å². The van der Waals surface area contributed by atoms with E-state index in [1.807, 2.05) is 10.9 Å². The van der Waals surface area contributed by atoms with Crippen LogP contribution in [0.3, 0.4) is 0 Å². The second kappa shape index (κ2) is 5.76. The molecule has 5 nitrogen and oxygen atoms in total. The van der Waals surface area contributed by atoms with Gasteiger partial charge in [-0.3, -0.25) is 4.68 Å². The minimum absolute atomic E-state index is 0.137. The largest absolute Gasteiger partial charge is 0.490 e. The van der Waals surface area contributed by atoms with Gasteiger partial charge in [-0.15, -0.1) is 0 Å². The maximum Gasteiger partial charge on any atom is 0.157 e. The Morgan fingerprint density at radius 3 is 2.75 bits per heavy atom. The van der Waals surface area contributed by atoms with Gasteiger partial charge in [0.05, 0.1) is 36.5 Å². The molecule has 1 saturated heterocycles. The lowest BCUT2D eigenvalue weighted by Crippen LogP contribution is -2.14. The van der Waals surface area contributed by atoms with Crippen molar-refractivity contribution in [1.82, 2.24) is 9.78 Å². The van der Waals surface area contributed by atoms with Crippen molar-refractivity contribution >= 4 is 9.84 Å². The Kier molecular flexibility index (Phi) is 4.01. The normalized spacial score (nSPS) is 26.7. The zero-order valence-corrected chi connectivity index (χ0v) is 12.5. The Hall–Kier alpha value is -1.04. The average molecular weight is 298 g/mol. The quantitative estimate of drug-likeness (QED) is 0.855. The number of sulfone groups is 1. The van der Waals surface area contributed by atoms with Crippen LogP contribution in [0.25, 0.3) is 0 Å². The Balaban J connectivity index is 1.52. The van der Waals surface area contributed by atoms with E-state index in [0.29, 0.717) is 18.4 Å². The van der Waals surface area contributed by atoms with Gasteiger partial charge in [0.15, 0.2) is 15.6 Å². The van der Waals surface area contributed by atoms with Crippen LogP contribution in [0.5, 0.6) is 5.75 Å². The second-order valence-corrected chi connectivity index (χ2v) is 8.26. The Morgan fingerprint density at radius 1 is 1.25 bits per heavy atom. The van der Waals surface area contributed by atoms with Gasteiger partial charge in [0.2, 0.25) is 0 Å². The molecule has 2 aliphatic rings. The van der Waals surface area contributed by atoms with Gasteiger partial charge in [0, 0.05) is 5.92 Å². The molecule has 1 aliphatic carbocycles. The molecular formula is C14H22N2O3S. The molecule has 0 radical (unpaired) electrons. The highest BCUT2D eigenvalue weighted by Gasteiger charge is 2.28. The first-order valence-electron chi connectivity index (χ1n) is 7.50. The van der Waals surface area contributed by atoms with Crippen molar-refractivity contribution in [3.63, 3.8) is 0 Å². The summed E-state index contributed by atoms with van der Waals surface area (Å²) in [6, 6.07) is 0.507. The maximum atomic E-state index is 11.4. The number of hydrogen-bond acceptors (Lipinski definition) is 4. The fraction of sp³-hybridized carbons (Fsp3) is 0.786. The molecule has 0 aromatic carbocycles. The van der Waals surface area contributed by atoms with Gasteiger partial charge >= 0.3 is 0 Å². The summed E-state index contributed by atoms with van der Waals surface area (Å²) >= 11 is 0. The van der Waals surface area contributed by atoms with E-state index in [0.717, 1.165) is 12.2 Å². The van der Waals surface area contributed by atoms with E-state index in [4.69, 9.17) is 4.74 Å². The molecule has 1 atom stereocenters. The molecule has 3 rings (SSSR count). The van der Waals surface area contributed by atoms with Gasteiger partial charge in [-0.2, -0.15) is 5.10 Å². The third kappa shape index (κ3) is 3.34. The Labute approximate surface area is 120 Å². The summed E-state index contributed by atoms with van der Waals surface area (Å²) in [5, 5.41) is 4.39. The SMILES string of the molecule is O=S1(=O)CCC(COc2cnn(C3CCCCC3)c2)C1. The molecule has 112 valence electrons. The first-order chi connectivity index (χ1) is 9.62. The summed E-state index contributed by atoms with van der Waals surface area (Å²) in [5.41, 5.74) is 0. The van der Waals surface area contributed by atoms with Crippen LogP contribution in [0.4, 0.5) is 0 Å². The fourth-order valence-corrected chi connectivity index (χ4v) is 5.00. The highest BCUT2D eigenvalue weighted by atomic mass is 32.2. The van der Waals surface area contributed by atoms with Crippen LogP contribution < -0.4 is 4.74 Å².